The Kier molecular flexibility index (Phi) is 2.78. The highest BCUT2D eigenvalue weighted by Gasteiger charge is 2.12. The van der Waals surface area contributed by atoms with Crippen molar-refractivity contribution in [2.75, 3.05) is 0 Å². The first-order valence-electron chi connectivity index (χ1n) is 4.21. The molecule has 1 heterocycles. The Labute approximate surface area is 93.7 Å². The van der Waals surface area contributed by atoms with Crippen molar-refractivity contribution in [3.8, 4) is 11.4 Å². The van der Waals surface area contributed by atoms with Crippen molar-refractivity contribution in [2.45, 2.75) is 0 Å². The summed E-state index contributed by atoms with van der Waals surface area (Å²) >= 11 is 5.59. The SMILES string of the molecule is Fc1cc(-c2nccc(Cl)n2)cc(F)c1F. The molecule has 6 heteroatoms. The lowest BCUT2D eigenvalue weighted by atomic mass is 10.2. The molecule has 2 nitrogen and oxygen atoms in total. The molecule has 1 aromatic carbocycles. The summed E-state index contributed by atoms with van der Waals surface area (Å²) in [5, 5.41) is 0.134. The average Bonchev–Trinajstić information content (AvgIpc) is 2.25. The van der Waals surface area contributed by atoms with Crippen LogP contribution in [0.4, 0.5) is 13.2 Å². The quantitative estimate of drug-likeness (QED) is 0.569. The summed E-state index contributed by atoms with van der Waals surface area (Å²) in [5.41, 5.74) is 0.0268. The van der Waals surface area contributed by atoms with Crippen LogP contribution in [0.2, 0.25) is 5.15 Å². The van der Waals surface area contributed by atoms with E-state index < -0.39 is 17.5 Å². The molecule has 0 atom stereocenters. The predicted molar refractivity (Wildman–Crippen MR) is 52.4 cm³/mol. The minimum absolute atomic E-state index is 0.0268. The van der Waals surface area contributed by atoms with E-state index in [9.17, 15) is 13.2 Å². The minimum Gasteiger partial charge on any atom is -0.236 e. The zero-order valence-electron chi connectivity index (χ0n) is 7.72. The van der Waals surface area contributed by atoms with Gasteiger partial charge in [0.15, 0.2) is 23.3 Å². The lowest BCUT2D eigenvalue weighted by Crippen LogP contribution is -1.95. The Bertz CT molecular complexity index is 522. The highest BCUT2D eigenvalue weighted by Crippen LogP contribution is 2.21. The Morgan fingerprint density at radius 3 is 2.25 bits per heavy atom. The Hall–Kier alpha value is -1.62. The van der Waals surface area contributed by atoms with Crippen LogP contribution in [0, 0.1) is 17.5 Å². The molecule has 2 rings (SSSR count). The summed E-state index contributed by atoms with van der Waals surface area (Å²) < 4.78 is 38.5. The van der Waals surface area contributed by atoms with E-state index in [1.165, 1.54) is 12.3 Å². The minimum atomic E-state index is -1.52. The summed E-state index contributed by atoms with van der Waals surface area (Å²) in [6.45, 7) is 0. The molecule has 0 unspecified atom stereocenters. The van der Waals surface area contributed by atoms with Crippen LogP contribution in [-0.2, 0) is 0 Å². The molecule has 2 aromatic rings. The zero-order chi connectivity index (χ0) is 11.7. The van der Waals surface area contributed by atoms with E-state index in [0.29, 0.717) is 0 Å². The maximum Gasteiger partial charge on any atom is 0.194 e. The maximum atomic E-state index is 12.9. The van der Waals surface area contributed by atoms with Crippen LogP contribution < -0.4 is 0 Å². The fraction of sp³-hybridized carbons (Fsp3) is 0. The molecule has 0 saturated heterocycles. The van der Waals surface area contributed by atoms with Gasteiger partial charge in [-0.25, -0.2) is 23.1 Å². The molecule has 0 aliphatic rings. The first kappa shape index (κ1) is 10.9. The zero-order valence-corrected chi connectivity index (χ0v) is 8.47. The van der Waals surface area contributed by atoms with Gasteiger partial charge in [-0.05, 0) is 18.2 Å². The van der Waals surface area contributed by atoms with Crippen molar-refractivity contribution in [3.63, 3.8) is 0 Å². The smallest absolute Gasteiger partial charge is 0.194 e. The average molecular weight is 245 g/mol. The van der Waals surface area contributed by atoms with Crippen molar-refractivity contribution in [3.05, 3.63) is 47.0 Å². The molecule has 0 bridgehead atoms. The Morgan fingerprint density at radius 2 is 1.69 bits per heavy atom. The summed E-state index contributed by atoms with van der Waals surface area (Å²) in [7, 11) is 0. The number of rotatable bonds is 1. The fourth-order valence-corrected chi connectivity index (χ4v) is 1.30. The highest BCUT2D eigenvalue weighted by atomic mass is 35.5. The lowest BCUT2D eigenvalue weighted by Gasteiger charge is -2.02. The number of hydrogen-bond acceptors (Lipinski definition) is 2. The molecule has 0 fully saturated rings. The van der Waals surface area contributed by atoms with Crippen molar-refractivity contribution >= 4 is 11.6 Å². The van der Waals surface area contributed by atoms with Gasteiger partial charge in [0.1, 0.15) is 5.15 Å². The summed E-state index contributed by atoms with van der Waals surface area (Å²) in [6, 6.07) is 3.04. The molecule has 1 aromatic heterocycles. The van der Waals surface area contributed by atoms with E-state index in [2.05, 4.69) is 9.97 Å². The van der Waals surface area contributed by atoms with Crippen LogP contribution in [0.15, 0.2) is 24.4 Å². The third-order valence-electron chi connectivity index (χ3n) is 1.86. The molecule has 0 N–H and O–H groups in total. The van der Waals surface area contributed by atoms with Crippen LogP contribution in [0.1, 0.15) is 0 Å². The molecule has 0 aliphatic carbocycles. The first-order valence-corrected chi connectivity index (χ1v) is 4.59. The predicted octanol–water partition coefficient (Wildman–Crippen LogP) is 3.21. The Morgan fingerprint density at radius 1 is 1.06 bits per heavy atom. The van der Waals surface area contributed by atoms with Gasteiger partial charge in [-0.15, -0.1) is 0 Å². The molecule has 0 saturated carbocycles. The van der Waals surface area contributed by atoms with Gasteiger partial charge in [-0.1, -0.05) is 11.6 Å². The second-order valence-electron chi connectivity index (χ2n) is 2.96. The second-order valence-corrected chi connectivity index (χ2v) is 3.34. The summed E-state index contributed by atoms with van der Waals surface area (Å²) in [4.78, 5) is 7.52. The number of benzene rings is 1. The van der Waals surface area contributed by atoms with Gasteiger partial charge in [0.25, 0.3) is 0 Å². The number of aromatic nitrogens is 2. The van der Waals surface area contributed by atoms with Gasteiger partial charge in [0.05, 0.1) is 0 Å². The molecular weight excluding hydrogens is 241 g/mol. The number of halogens is 4. The van der Waals surface area contributed by atoms with Crippen molar-refractivity contribution in [1.29, 1.82) is 0 Å². The lowest BCUT2D eigenvalue weighted by molar-refractivity contribution is 0.447. The van der Waals surface area contributed by atoms with E-state index in [1.807, 2.05) is 0 Å². The number of hydrogen-bond donors (Lipinski definition) is 0. The molecule has 0 spiro atoms. The standard InChI is InChI=1S/C10H4ClF3N2/c11-8-1-2-15-10(16-8)5-3-6(12)9(14)7(13)4-5/h1-4H. The first-order chi connectivity index (χ1) is 7.58. The Balaban J connectivity index is 2.57. The van der Waals surface area contributed by atoms with Gasteiger partial charge >= 0.3 is 0 Å². The van der Waals surface area contributed by atoms with Crippen LogP contribution in [0.25, 0.3) is 11.4 Å². The third kappa shape index (κ3) is 1.99. The normalized spacial score (nSPS) is 10.5. The summed E-state index contributed by atoms with van der Waals surface area (Å²) in [5.74, 6) is -4.08. The van der Waals surface area contributed by atoms with Gasteiger partial charge in [0, 0.05) is 11.8 Å². The monoisotopic (exact) mass is 244 g/mol. The third-order valence-corrected chi connectivity index (χ3v) is 2.07. The van der Waals surface area contributed by atoms with Gasteiger partial charge in [0.2, 0.25) is 0 Å². The maximum absolute atomic E-state index is 12.9. The van der Waals surface area contributed by atoms with Crippen molar-refractivity contribution in [2.24, 2.45) is 0 Å². The summed E-state index contributed by atoms with van der Waals surface area (Å²) in [6.07, 6.45) is 1.34. The topological polar surface area (TPSA) is 25.8 Å². The second kappa shape index (κ2) is 4.09. The molecular formula is C10H4ClF3N2. The van der Waals surface area contributed by atoms with E-state index in [4.69, 9.17) is 11.6 Å². The van der Waals surface area contributed by atoms with Crippen molar-refractivity contribution < 1.29 is 13.2 Å². The van der Waals surface area contributed by atoms with E-state index in [-0.39, 0.29) is 16.5 Å². The molecule has 0 aliphatic heterocycles. The van der Waals surface area contributed by atoms with Gasteiger partial charge in [-0.2, -0.15) is 0 Å². The fourth-order valence-electron chi connectivity index (χ4n) is 1.16. The van der Waals surface area contributed by atoms with Crippen LogP contribution in [0.3, 0.4) is 0 Å². The molecule has 82 valence electrons. The molecule has 16 heavy (non-hydrogen) atoms. The van der Waals surface area contributed by atoms with Crippen LogP contribution >= 0.6 is 11.6 Å². The molecule has 0 radical (unpaired) electrons. The van der Waals surface area contributed by atoms with Gasteiger partial charge < -0.3 is 0 Å². The largest absolute Gasteiger partial charge is 0.236 e. The van der Waals surface area contributed by atoms with Gasteiger partial charge in [-0.3, -0.25) is 0 Å². The van der Waals surface area contributed by atoms with E-state index >= 15 is 0 Å². The molecule has 0 amide bonds. The van der Waals surface area contributed by atoms with Crippen molar-refractivity contribution in [1.82, 2.24) is 9.97 Å². The number of nitrogens with zero attached hydrogens (tertiary/aromatic N) is 2. The van der Waals surface area contributed by atoms with Crippen LogP contribution in [-0.4, -0.2) is 9.97 Å². The van der Waals surface area contributed by atoms with Crippen LogP contribution in [0.5, 0.6) is 0 Å². The van der Waals surface area contributed by atoms with E-state index in [0.717, 1.165) is 12.1 Å². The van der Waals surface area contributed by atoms with E-state index in [1.54, 1.807) is 0 Å². The highest BCUT2D eigenvalue weighted by molar-refractivity contribution is 6.29.